The Kier molecular flexibility index (Phi) is 11.7. The number of carbonyl (C=O) groups is 1. The first-order valence-corrected chi connectivity index (χ1v) is 9.85. The first-order valence-electron chi connectivity index (χ1n) is 9.85. The van der Waals surface area contributed by atoms with Crippen molar-refractivity contribution >= 4 is 5.97 Å². The Hall–Kier alpha value is -1.69. The summed E-state index contributed by atoms with van der Waals surface area (Å²) in [6, 6.07) is 0. The SMILES string of the molecule is CC/C=C\C/C=C\C[C@H](O)/C=C/[C@@H]1[C@H](C/C=C\CCC(=O)O)[C@H](O)C[C@@H]1O. The van der Waals surface area contributed by atoms with Crippen LogP contribution in [-0.4, -0.2) is 44.7 Å². The predicted octanol–water partition coefficient (Wildman–Crippen LogP) is 3.38. The average molecular weight is 379 g/mol. The highest BCUT2D eigenvalue weighted by Gasteiger charge is 2.39. The van der Waals surface area contributed by atoms with Crippen molar-refractivity contribution in [3.05, 3.63) is 48.6 Å². The lowest BCUT2D eigenvalue weighted by Gasteiger charge is -2.19. The highest BCUT2D eigenvalue weighted by Crippen LogP contribution is 2.36. The number of hydrogen-bond acceptors (Lipinski definition) is 4. The molecule has 1 aliphatic rings. The Labute approximate surface area is 162 Å². The maximum atomic E-state index is 10.5. The summed E-state index contributed by atoms with van der Waals surface area (Å²) >= 11 is 0. The van der Waals surface area contributed by atoms with E-state index >= 15 is 0 Å². The van der Waals surface area contributed by atoms with Crippen LogP contribution in [0.5, 0.6) is 0 Å². The van der Waals surface area contributed by atoms with Gasteiger partial charge < -0.3 is 20.4 Å². The molecule has 0 amide bonds. The fraction of sp³-hybridized carbons (Fsp3) is 0.591. The first-order chi connectivity index (χ1) is 13.0. The van der Waals surface area contributed by atoms with Crippen LogP contribution in [0.25, 0.3) is 0 Å². The van der Waals surface area contributed by atoms with Gasteiger partial charge in [-0.1, -0.05) is 55.5 Å². The third-order valence-electron chi connectivity index (χ3n) is 4.79. The second-order valence-electron chi connectivity index (χ2n) is 7.03. The van der Waals surface area contributed by atoms with Gasteiger partial charge in [0.1, 0.15) is 0 Å². The molecule has 27 heavy (non-hydrogen) atoms. The number of aliphatic hydroxyl groups excluding tert-OH is 3. The highest BCUT2D eigenvalue weighted by atomic mass is 16.4. The van der Waals surface area contributed by atoms with Gasteiger partial charge in [0.05, 0.1) is 18.3 Å². The quantitative estimate of drug-likeness (QED) is 0.390. The molecule has 0 aromatic carbocycles. The van der Waals surface area contributed by atoms with Gasteiger partial charge in [-0.25, -0.2) is 0 Å². The average Bonchev–Trinajstić information content (AvgIpc) is 2.88. The van der Waals surface area contributed by atoms with Crippen molar-refractivity contribution < 1.29 is 25.2 Å². The smallest absolute Gasteiger partial charge is 0.303 e. The molecular weight excluding hydrogens is 344 g/mol. The van der Waals surface area contributed by atoms with E-state index in [0.717, 1.165) is 12.8 Å². The van der Waals surface area contributed by atoms with Crippen LogP contribution in [0.4, 0.5) is 0 Å². The molecule has 1 rings (SSSR count). The van der Waals surface area contributed by atoms with E-state index in [2.05, 4.69) is 19.1 Å². The van der Waals surface area contributed by atoms with E-state index in [4.69, 9.17) is 5.11 Å². The maximum Gasteiger partial charge on any atom is 0.303 e. The third-order valence-corrected chi connectivity index (χ3v) is 4.79. The Bertz CT molecular complexity index is 535. The Morgan fingerprint density at radius 3 is 2.52 bits per heavy atom. The van der Waals surface area contributed by atoms with Crippen molar-refractivity contribution in [1.29, 1.82) is 0 Å². The summed E-state index contributed by atoms with van der Waals surface area (Å²) in [5.74, 6) is -1.17. The molecule has 1 aliphatic carbocycles. The second-order valence-corrected chi connectivity index (χ2v) is 7.03. The predicted molar refractivity (Wildman–Crippen MR) is 107 cm³/mol. The summed E-state index contributed by atoms with van der Waals surface area (Å²) in [6.07, 6.45) is 17.3. The normalized spacial score (nSPS) is 27.6. The van der Waals surface area contributed by atoms with Crippen LogP contribution in [0.1, 0.15) is 51.9 Å². The third kappa shape index (κ3) is 9.70. The first kappa shape index (κ1) is 23.3. The number of aliphatic hydroxyl groups is 3. The monoisotopic (exact) mass is 378 g/mol. The zero-order valence-electron chi connectivity index (χ0n) is 16.2. The number of rotatable bonds is 12. The molecule has 5 atom stereocenters. The van der Waals surface area contributed by atoms with Crippen molar-refractivity contribution in [2.75, 3.05) is 0 Å². The van der Waals surface area contributed by atoms with Gasteiger partial charge in [0, 0.05) is 18.8 Å². The summed E-state index contributed by atoms with van der Waals surface area (Å²) in [6.45, 7) is 2.09. The highest BCUT2D eigenvalue weighted by molar-refractivity contribution is 5.66. The van der Waals surface area contributed by atoms with E-state index in [1.54, 1.807) is 12.2 Å². The lowest BCUT2D eigenvalue weighted by Crippen LogP contribution is -2.20. The van der Waals surface area contributed by atoms with Crippen molar-refractivity contribution in [2.45, 2.75) is 70.2 Å². The van der Waals surface area contributed by atoms with E-state index in [0.29, 0.717) is 25.7 Å². The van der Waals surface area contributed by atoms with E-state index in [1.165, 1.54) is 0 Å². The van der Waals surface area contributed by atoms with E-state index < -0.39 is 24.3 Å². The summed E-state index contributed by atoms with van der Waals surface area (Å²) in [4.78, 5) is 10.5. The minimum atomic E-state index is -0.832. The zero-order chi connectivity index (χ0) is 20.1. The molecule has 0 aliphatic heterocycles. The Morgan fingerprint density at radius 2 is 1.81 bits per heavy atom. The number of carboxylic acid groups (broad SMARTS) is 1. The molecule has 152 valence electrons. The van der Waals surface area contributed by atoms with Crippen LogP contribution >= 0.6 is 0 Å². The number of allylic oxidation sites excluding steroid dienone is 5. The van der Waals surface area contributed by atoms with Crippen molar-refractivity contribution in [3.63, 3.8) is 0 Å². The van der Waals surface area contributed by atoms with Gasteiger partial charge in [-0.2, -0.15) is 0 Å². The molecule has 0 aromatic heterocycles. The van der Waals surface area contributed by atoms with E-state index in [9.17, 15) is 20.1 Å². The molecule has 0 radical (unpaired) electrons. The van der Waals surface area contributed by atoms with Gasteiger partial charge in [-0.3, -0.25) is 4.79 Å². The van der Waals surface area contributed by atoms with Crippen LogP contribution < -0.4 is 0 Å². The fourth-order valence-corrected chi connectivity index (χ4v) is 3.29. The number of aliphatic carboxylic acids is 1. The van der Waals surface area contributed by atoms with Gasteiger partial charge in [0.2, 0.25) is 0 Å². The van der Waals surface area contributed by atoms with Crippen LogP contribution in [0.15, 0.2) is 48.6 Å². The molecule has 1 fully saturated rings. The standard InChI is InChI=1S/C22H34O5/c1-2-3-4-5-6-8-11-17(23)14-15-19-18(20(24)16-21(19)25)12-9-7-10-13-22(26)27/h3-4,6-9,14-15,17-21,23-25H,2,5,10-13,16H2,1H3,(H,26,27)/b4-3-,8-6-,9-7-,15-14+/t17-,18-,19+,20+,21-/m0/s1. The summed E-state index contributed by atoms with van der Waals surface area (Å²) < 4.78 is 0. The maximum absolute atomic E-state index is 10.5. The van der Waals surface area contributed by atoms with E-state index in [-0.39, 0.29) is 18.3 Å². The topological polar surface area (TPSA) is 98.0 Å². The van der Waals surface area contributed by atoms with Gasteiger partial charge in [-0.15, -0.1) is 0 Å². The molecule has 0 heterocycles. The molecule has 4 N–H and O–H groups in total. The van der Waals surface area contributed by atoms with Crippen LogP contribution in [-0.2, 0) is 4.79 Å². The molecule has 0 bridgehead atoms. The Morgan fingerprint density at radius 1 is 1.07 bits per heavy atom. The largest absolute Gasteiger partial charge is 0.481 e. The van der Waals surface area contributed by atoms with E-state index in [1.807, 2.05) is 24.3 Å². The lowest BCUT2D eigenvalue weighted by atomic mass is 9.89. The minimum Gasteiger partial charge on any atom is -0.481 e. The summed E-state index contributed by atoms with van der Waals surface area (Å²) in [5, 5.41) is 39.1. The minimum absolute atomic E-state index is 0.0869. The molecule has 5 heteroatoms. The number of hydrogen-bond donors (Lipinski definition) is 4. The van der Waals surface area contributed by atoms with Crippen LogP contribution in [0, 0.1) is 11.8 Å². The molecule has 0 unspecified atom stereocenters. The second kappa shape index (κ2) is 13.5. The van der Waals surface area contributed by atoms with Crippen LogP contribution in [0.2, 0.25) is 0 Å². The zero-order valence-corrected chi connectivity index (χ0v) is 16.2. The van der Waals surface area contributed by atoms with Crippen molar-refractivity contribution in [2.24, 2.45) is 11.8 Å². The summed E-state index contributed by atoms with van der Waals surface area (Å²) in [7, 11) is 0. The van der Waals surface area contributed by atoms with Crippen LogP contribution in [0.3, 0.4) is 0 Å². The number of carboxylic acids is 1. The molecule has 5 nitrogen and oxygen atoms in total. The molecule has 0 saturated heterocycles. The molecule has 1 saturated carbocycles. The summed E-state index contributed by atoms with van der Waals surface area (Å²) in [5.41, 5.74) is 0. The van der Waals surface area contributed by atoms with Gasteiger partial charge in [0.25, 0.3) is 0 Å². The Balaban J connectivity index is 2.49. The van der Waals surface area contributed by atoms with Crippen molar-refractivity contribution in [3.8, 4) is 0 Å². The van der Waals surface area contributed by atoms with Gasteiger partial charge in [0.15, 0.2) is 0 Å². The van der Waals surface area contributed by atoms with Gasteiger partial charge in [-0.05, 0) is 38.0 Å². The molecule has 0 spiro atoms. The molecular formula is C22H34O5. The lowest BCUT2D eigenvalue weighted by molar-refractivity contribution is -0.136. The van der Waals surface area contributed by atoms with Crippen molar-refractivity contribution in [1.82, 2.24) is 0 Å². The molecule has 0 aromatic rings. The van der Waals surface area contributed by atoms with Gasteiger partial charge >= 0.3 is 5.97 Å². The fourth-order valence-electron chi connectivity index (χ4n) is 3.29.